The monoisotopic (exact) mass is 287 g/mol. The fourth-order valence-corrected chi connectivity index (χ4v) is 2.52. The van der Waals surface area contributed by atoms with Crippen LogP contribution in [0.5, 0.6) is 0 Å². The van der Waals surface area contributed by atoms with Gasteiger partial charge in [-0.2, -0.15) is 0 Å². The lowest BCUT2D eigenvalue weighted by Crippen LogP contribution is -2.45. The molecule has 0 saturated carbocycles. The number of anilines is 1. The fourth-order valence-electron chi connectivity index (χ4n) is 2.52. The average Bonchev–Trinajstić information content (AvgIpc) is 2.41. The molecular weight excluding hydrogens is 270 g/mol. The van der Waals surface area contributed by atoms with Crippen molar-refractivity contribution in [1.82, 2.24) is 4.98 Å². The van der Waals surface area contributed by atoms with Crippen LogP contribution in [0.4, 0.5) is 11.4 Å². The van der Waals surface area contributed by atoms with Gasteiger partial charge in [0.05, 0.1) is 18.1 Å². The number of nitro benzene ring substituents is 1. The van der Waals surface area contributed by atoms with Crippen LogP contribution in [-0.2, 0) is 4.74 Å². The van der Waals surface area contributed by atoms with E-state index in [0.717, 1.165) is 36.5 Å². The van der Waals surface area contributed by atoms with Crippen molar-refractivity contribution < 1.29 is 9.66 Å². The molecule has 2 aromatic rings. The van der Waals surface area contributed by atoms with Gasteiger partial charge in [-0.3, -0.25) is 10.1 Å². The van der Waals surface area contributed by atoms with E-state index in [-0.39, 0.29) is 16.0 Å². The highest BCUT2D eigenvalue weighted by Gasteiger charge is 2.33. The van der Waals surface area contributed by atoms with Gasteiger partial charge in [0.25, 0.3) is 5.69 Å². The number of rotatable bonds is 4. The lowest BCUT2D eigenvalue weighted by atomic mass is 9.88. The molecule has 21 heavy (non-hydrogen) atoms. The van der Waals surface area contributed by atoms with E-state index < -0.39 is 0 Å². The minimum absolute atomic E-state index is 0.0393. The van der Waals surface area contributed by atoms with Crippen LogP contribution >= 0.6 is 0 Å². The van der Waals surface area contributed by atoms with Gasteiger partial charge >= 0.3 is 0 Å². The van der Waals surface area contributed by atoms with Gasteiger partial charge in [0.2, 0.25) is 0 Å². The van der Waals surface area contributed by atoms with E-state index in [1.165, 1.54) is 6.07 Å². The van der Waals surface area contributed by atoms with Crippen molar-refractivity contribution in [1.29, 1.82) is 0 Å². The lowest BCUT2D eigenvalue weighted by Gasteiger charge is -2.38. The standard InChI is InChI=1S/C15H17N3O3/c1-10-6-12(16-7-15(2)8-21-9-15)11-4-3-5-13(18(19)20)14(11)17-10/h3-6H,7-9H2,1-2H3,(H,16,17). The zero-order chi connectivity index (χ0) is 15.0. The predicted octanol–water partition coefficient (Wildman–Crippen LogP) is 2.90. The van der Waals surface area contributed by atoms with Crippen molar-refractivity contribution in [2.75, 3.05) is 25.1 Å². The number of benzene rings is 1. The van der Waals surface area contributed by atoms with Crippen LogP contribution in [-0.4, -0.2) is 29.7 Å². The van der Waals surface area contributed by atoms with Crippen LogP contribution in [0.15, 0.2) is 24.3 Å². The van der Waals surface area contributed by atoms with E-state index in [4.69, 9.17) is 4.74 Å². The van der Waals surface area contributed by atoms with Crippen molar-refractivity contribution in [3.05, 3.63) is 40.1 Å². The zero-order valence-corrected chi connectivity index (χ0v) is 12.0. The molecule has 6 heteroatoms. The summed E-state index contributed by atoms with van der Waals surface area (Å²) >= 11 is 0. The van der Waals surface area contributed by atoms with E-state index in [1.807, 2.05) is 19.1 Å². The molecule has 1 aliphatic rings. The fraction of sp³-hybridized carbons (Fsp3) is 0.400. The molecule has 0 unspecified atom stereocenters. The van der Waals surface area contributed by atoms with E-state index in [0.29, 0.717) is 5.52 Å². The summed E-state index contributed by atoms with van der Waals surface area (Å²) in [5.74, 6) is 0. The Labute approximate surface area is 122 Å². The second-order valence-corrected chi connectivity index (χ2v) is 5.90. The topological polar surface area (TPSA) is 77.3 Å². The summed E-state index contributed by atoms with van der Waals surface area (Å²) in [6.07, 6.45) is 0. The molecular formula is C15H17N3O3. The molecule has 0 aliphatic carbocycles. The summed E-state index contributed by atoms with van der Waals surface area (Å²) < 4.78 is 5.25. The Balaban J connectivity index is 2.01. The summed E-state index contributed by atoms with van der Waals surface area (Å²) in [6.45, 7) is 6.25. The number of para-hydroxylation sites is 1. The number of aromatic nitrogens is 1. The third kappa shape index (κ3) is 2.54. The molecule has 0 spiro atoms. The number of pyridine rings is 1. The van der Waals surface area contributed by atoms with Crippen LogP contribution in [0.1, 0.15) is 12.6 Å². The Morgan fingerprint density at radius 3 is 2.86 bits per heavy atom. The van der Waals surface area contributed by atoms with E-state index in [1.54, 1.807) is 6.07 Å². The quantitative estimate of drug-likeness (QED) is 0.691. The summed E-state index contributed by atoms with van der Waals surface area (Å²) in [6, 6.07) is 6.96. The van der Waals surface area contributed by atoms with Gasteiger partial charge < -0.3 is 10.1 Å². The summed E-state index contributed by atoms with van der Waals surface area (Å²) in [4.78, 5) is 15.1. The third-order valence-corrected chi connectivity index (χ3v) is 3.75. The Bertz CT molecular complexity index is 711. The van der Waals surface area contributed by atoms with Crippen LogP contribution in [0, 0.1) is 22.5 Å². The maximum atomic E-state index is 11.1. The van der Waals surface area contributed by atoms with E-state index >= 15 is 0 Å². The highest BCUT2D eigenvalue weighted by Crippen LogP contribution is 2.32. The Hall–Kier alpha value is -2.21. The minimum atomic E-state index is -0.389. The van der Waals surface area contributed by atoms with Crippen LogP contribution in [0.3, 0.4) is 0 Å². The number of non-ortho nitro benzene ring substituents is 1. The van der Waals surface area contributed by atoms with Crippen molar-refractivity contribution in [3.63, 3.8) is 0 Å². The summed E-state index contributed by atoms with van der Waals surface area (Å²) in [7, 11) is 0. The molecule has 0 radical (unpaired) electrons. The molecule has 3 rings (SSSR count). The molecule has 110 valence electrons. The van der Waals surface area contributed by atoms with Gasteiger partial charge in [-0.05, 0) is 13.0 Å². The molecule has 0 amide bonds. The highest BCUT2D eigenvalue weighted by molar-refractivity contribution is 5.96. The molecule has 0 bridgehead atoms. The number of fused-ring (bicyclic) bond motifs is 1. The van der Waals surface area contributed by atoms with Gasteiger partial charge in [-0.1, -0.05) is 19.1 Å². The van der Waals surface area contributed by atoms with Gasteiger partial charge in [-0.15, -0.1) is 0 Å². The van der Waals surface area contributed by atoms with E-state index in [9.17, 15) is 10.1 Å². The number of nitrogens with zero attached hydrogens (tertiary/aromatic N) is 2. The number of hydrogen-bond acceptors (Lipinski definition) is 5. The van der Waals surface area contributed by atoms with Gasteiger partial charge in [0.1, 0.15) is 0 Å². The largest absolute Gasteiger partial charge is 0.384 e. The summed E-state index contributed by atoms with van der Waals surface area (Å²) in [5.41, 5.74) is 2.24. The maximum absolute atomic E-state index is 11.1. The van der Waals surface area contributed by atoms with Crippen LogP contribution in [0.2, 0.25) is 0 Å². The normalized spacial score (nSPS) is 16.5. The van der Waals surface area contributed by atoms with Crippen LogP contribution < -0.4 is 5.32 Å². The molecule has 2 heterocycles. The first-order valence-electron chi connectivity index (χ1n) is 6.85. The van der Waals surface area contributed by atoms with Gasteiger partial charge in [0, 0.05) is 34.8 Å². The smallest absolute Gasteiger partial charge is 0.295 e. The SMILES string of the molecule is Cc1cc(NCC2(C)COC2)c2cccc([N+](=O)[O-])c2n1. The Morgan fingerprint density at radius 2 is 2.24 bits per heavy atom. The van der Waals surface area contributed by atoms with Crippen molar-refractivity contribution >= 4 is 22.3 Å². The molecule has 1 aromatic heterocycles. The first kappa shape index (κ1) is 13.8. The number of aryl methyl sites for hydroxylation is 1. The zero-order valence-electron chi connectivity index (χ0n) is 12.0. The van der Waals surface area contributed by atoms with E-state index in [2.05, 4.69) is 17.2 Å². The Kier molecular flexibility index (Phi) is 3.25. The molecule has 1 aliphatic heterocycles. The molecule has 1 fully saturated rings. The molecule has 1 saturated heterocycles. The number of hydrogen-bond donors (Lipinski definition) is 1. The number of ether oxygens (including phenoxy) is 1. The Morgan fingerprint density at radius 1 is 1.48 bits per heavy atom. The van der Waals surface area contributed by atoms with Gasteiger partial charge in [-0.25, -0.2) is 4.98 Å². The lowest BCUT2D eigenvalue weighted by molar-refractivity contribution is -0.383. The highest BCUT2D eigenvalue weighted by atomic mass is 16.6. The first-order valence-corrected chi connectivity index (χ1v) is 6.85. The predicted molar refractivity (Wildman–Crippen MR) is 80.6 cm³/mol. The summed E-state index contributed by atoms with van der Waals surface area (Å²) in [5, 5.41) is 15.3. The first-order chi connectivity index (χ1) is 9.98. The molecule has 1 N–H and O–H groups in total. The second-order valence-electron chi connectivity index (χ2n) is 5.90. The molecule has 0 atom stereocenters. The minimum Gasteiger partial charge on any atom is -0.384 e. The maximum Gasteiger partial charge on any atom is 0.295 e. The van der Waals surface area contributed by atoms with Crippen molar-refractivity contribution in [2.45, 2.75) is 13.8 Å². The number of nitro groups is 1. The number of nitrogens with one attached hydrogen (secondary N) is 1. The molecule has 1 aromatic carbocycles. The van der Waals surface area contributed by atoms with Crippen molar-refractivity contribution in [3.8, 4) is 0 Å². The third-order valence-electron chi connectivity index (χ3n) is 3.75. The second kappa shape index (κ2) is 4.96. The average molecular weight is 287 g/mol. The van der Waals surface area contributed by atoms with Crippen molar-refractivity contribution in [2.24, 2.45) is 5.41 Å². The van der Waals surface area contributed by atoms with Gasteiger partial charge in [0.15, 0.2) is 5.52 Å². The molecule has 6 nitrogen and oxygen atoms in total. The van der Waals surface area contributed by atoms with Crippen LogP contribution in [0.25, 0.3) is 10.9 Å².